The largest absolute Gasteiger partial charge is 0.381 e. The van der Waals surface area contributed by atoms with Gasteiger partial charge in [-0.25, -0.2) is 0 Å². The highest BCUT2D eigenvalue weighted by Crippen LogP contribution is 2.29. The molecule has 1 aromatic carbocycles. The van der Waals surface area contributed by atoms with Crippen molar-refractivity contribution in [1.82, 2.24) is 10.2 Å². The second kappa shape index (κ2) is 12.0. The third-order valence-electron chi connectivity index (χ3n) is 5.11. The predicted molar refractivity (Wildman–Crippen MR) is 127 cm³/mol. The highest BCUT2D eigenvalue weighted by atomic mass is 32.2. The van der Waals surface area contributed by atoms with Gasteiger partial charge in [0.15, 0.2) is 5.17 Å². The zero-order valence-electron chi connectivity index (χ0n) is 18.8. The van der Waals surface area contributed by atoms with Gasteiger partial charge in [0, 0.05) is 50.5 Å². The Bertz CT molecular complexity index is 835. The van der Waals surface area contributed by atoms with E-state index in [0.717, 1.165) is 44.1 Å². The Hall–Kier alpha value is -2.39. The molecule has 0 saturated carbocycles. The first-order valence-electron chi connectivity index (χ1n) is 11.2. The Morgan fingerprint density at radius 1 is 1.22 bits per heavy atom. The molecule has 2 heterocycles. The molecule has 8 nitrogen and oxygen atoms in total. The molecule has 1 atom stereocenters. The molecule has 1 unspecified atom stereocenters. The number of hydrogen-bond acceptors (Lipinski definition) is 6. The monoisotopic (exact) mass is 460 g/mol. The zero-order valence-corrected chi connectivity index (χ0v) is 19.6. The van der Waals surface area contributed by atoms with E-state index >= 15 is 0 Å². The lowest BCUT2D eigenvalue weighted by atomic mass is 10.2. The minimum Gasteiger partial charge on any atom is -0.381 e. The van der Waals surface area contributed by atoms with Crippen LogP contribution in [0.1, 0.15) is 49.9 Å². The molecule has 3 amide bonds. The van der Waals surface area contributed by atoms with Crippen LogP contribution >= 0.6 is 11.8 Å². The van der Waals surface area contributed by atoms with E-state index in [-0.39, 0.29) is 24.1 Å². The molecule has 0 radical (unpaired) electrons. The molecule has 0 aromatic heterocycles. The SMILES string of the molecule is CC(C)COCCCNC(=O)c1ccc(NC(=O)CC2SC(N3CCCC3)=NC2=O)cc1. The summed E-state index contributed by atoms with van der Waals surface area (Å²) < 4.78 is 5.50. The summed E-state index contributed by atoms with van der Waals surface area (Å²) in [5, 5.41) is 5.93. The molecule has 174 valence electrons. The predicted octanol–water partition coefficient (Wildman–Crippen LogP) is 2.90. The number of nitrogens with one attached hydrogen (secondary N) is 2. The molecule has 3 rings (SSSR count). The first-order chi connectivity index (χ1) is 15.4. The van der Waals surface area contributed by atoms with Crippen molar-refractivity contribution in [2.75, 3.05) is 38.2 Å². The lowest BCUT2D eigenvalue weighted by Crippen LogP contribution is -2.25. The molecule has 1 aromatic rings. The Kier molecular flexibility index (Phi) is 9.11. The minimum atomic E-state index is -0.472. The van der Waals surface area contributed by atoms with Crippen molar-refractivity contribution in [3.05, 3.63) is 29.8 Å². The average Bonchev–Trinajstić information content (AvgIpc) is 3.41. The number of thioether (sulfide) groups is 1. The summed E-state index contributed by atoms with van der Waals surface area (Å²) in [6.07, 6.45) is 3.05. The number of amides is 3. The third-order valence-corrected chi connectivity index (χ3v) is 6.32. The van der Waals surface area contributed by atoms with E-state index in [1.54, 1.807) is 24.3 Å². The first kappa shape index (κ1) is 24.3. The number of anilines is 1. The third kappa shape index (κ3) is 7.34. The van der Waals surface area contributed by atoms with Crippen LogP contribution in [0.3, 0.4) is 0 Å². The van der Waals surface area contributed by atoms with Crippen LogP contribution < -0.4 is 10.6 Å². The quantitative estimate of drug-likeness (QED) is 0.521. The van der Waals surface area contributed by atoms with Crippen molar-refractivity contribution in [2.45, 2.75) is 44.8 Å². The van der Waals surface area contributed by atoms with Crippen LogP contribution in [0.4, 0.5) is 5.69 Å². The molecule has 1 saturated heterocycles. The molecule has 32 heavy (non-hydrogen) atoms. The lowest BCUT2D eigenvalue weighted by Gasteiger charge is -2.16. The zero-order chi connectivity index (χ0) is 22.9. The summed E-state index contributed by atoms with van der Waals surface area (Å²) in [4.78, 5) is 43.0. The standard InChI is InChI=1S/C23H32N4O4S/c1-16(2)15-31-13-5-10-24-21(29)17-6-8-18(9-7-17)25-20(28)14-19-22(30)26-23(32-19)27-11-3-4-12-27/h6-9,16,19H,3-5,10-15H2,1-2H3,(H,24,29)(H,25,28). The van der Waals surface area contributed by atoms with Crippen molar-refractivity contribution in [3.63, 3.8) is 0 Å². The van der Waals surface area contributed by atoms with Crippen LogP contribution in [0.2, 0.25) is 0 Å². The van der Waals surface area contributed by atoms with E-state index < -0.39 is 5.25 Å². The minimum absolute atomic E-state index is 0.0749. The fraction of sp³-hybridized carbons (Fsp3) is 0.565. The van der Waals surface area contributed by atoms with E-state index in [1.807, 2.05) is 0 Å². The topological polar surface area (TPSA) is 100 Å². The summed E-state index contributed by atoms with van der Waals surface area (Å²) in [5.41, 5.74) is 1.11. The van der Waals surface area contributed by atoms with Gasteiger partial charge in [-0.15, -0.1) is 0 Å². The van der Waals surface area contributed by atoms with E-state index in [1.165, 1.54) is 11.8 Å². The Balaban J connectivity index is 1.38. The smallest absolute Gasteiger partial charge is 0.262 e. The van der Waals surface area contributed by atoms with Gasteiger partial charge in [-0.1, -0.05) is 25.6 Å². The molecule has 1 fully saturated rings. The maximum Gasteiger partial charge on any atom is 0.262 e. The summed E-state index contributed by atoms with van der Waals surface area (Å²) in [6.45, 7) is 7.93. The van der Waals surface area contributed by atoms with Gasteiger partial charge in [-0.05, 0) is 49.4 Å². The summed E-state index contributed by atoms with van der Waals surface area (Å²) in [5.74, 6) is -0.144. The second-order valence-corrected chi connectivity index (χ2v) is 9.61. The molecule has 0 aliphatic carbocycles. The highest BCUT2D eigenvalue weighted by molar-refractivity contribution is 8.15. The maximum absolute atomic E-state index is 12.4. The Morgan fingerprint density at radius 2 is 1.94 bits per heavy atom. The van der Waals surface area contributed by atoms with Crippen LogP contribution in [0.15, 0.2) is 29.3 Å². The van der Waals surface area contributed by atoms with Gasteiger partial charge in [0.25, 0.3) is 11.8 Å². The number of nitrogens with zero attached hydrogens (tertiary/aromatic N) is 2. The molecular formula is C23H32N4O4S. The average molecular weight is 461 g/mol. The van der Waals surface area contributed by atoms with E-state index in [0.29, 0.717) is 30.3 Å². The van der Waals surface area contributed by atoms with E-state index in [2.05, 4.69) is 34.4 Å². The number of carbonyl (C=O) groups excluding carboxylic acids is 3. The normalized spacial score (nSPS) is 18.2. The number of carbonyl (C=O) groups is 3. The fourth-order valence-corrected chi connectivity index (χ4v) is 4.55. The summed E-state index contributed by atoms with van der Waals surface area (Å²) in [6, 6.07) is 6.72. The number of likely N-dealkylation sites (tertiary alicyclic amines) is 1. The van der Waals surface area contributed by atoms with Gasteiger partial charge >= 0.3 is 0 Å². The maximum atomic E-state index is 12.4. The van der Waals surface area contributed by atoms with E-state index in [4.69, 9.17) is 4.74 Å². The van der Waals surface area contributed by atoms with Gasteiger partial charge in [0.1, 0.15) is 5.25 Å². The van der Waals surface area contributed by atoms with Crippen LogP contribution in [-0.2, 0) is 14.3 Å². The van der Waals surface area contributed by atoms with Gasteiger partial charge in [0.05, 0.1) is 0 Å². The number of ether oxygens (including phenoxy) is 1. The van der Waals surface area contributed by atoms with Crippen molar-refractivity contribution in [2.24, 2.45) is 10.9 Å². The number of hydrogen-bond donors (Lipinski definition) is 2. The summed E-state index contributed by atoms with van der Waals surface area (Å²) in [7, 11) is 0. The second-order valence-electron chi connectivity index (χ2n) is 8.44. The molecule has 2 N–H and O–H groups in total. The first-order valence-corrected chi connectivity index (χ1v) is 12.1. The highest BCUT2D eigenvalue weighted by Gasteiger charge is 2.33. The van der Waals surface area contributed by atoms with Gasteiger partial charge in [-0.3, -0.25) is 14.4 Å². The fourth-order valence-electron chi connectivity index (χ4n) is 3.44. The Labute approximate surface area is 193 Å². The number of aliphatic imine (C=N–C) groups is 1. The number of amidine groups is 1. The van der Waals surface area contributed by atoms with E-state index in [9.17, 15) is 14.4 Å². The van der Waals surface area contributed by atoms with Crippen molar-refractivity contribution in [1.29, 1.82) is 0 Å². The molecule has 0 spiro atoms. The number of benzene rings is 1. The molecular weight excluding hydrogens is 428 g/mol. The molecule has 9 heteroatoms. The van der Waals surface area contributed by atoms with Crippen LogP contribution in [0.25, 0.3) is 0 Å². The molecule has 0 bridgehead atoms. The Morgan fingerprint density at radius 3 is 2.62 bits per heavy atom. The lowest BCUT2D eigenvalue weighted by molar-refractivity contribution is -0.121. The van der Waals surface area contributed by atoms with Gasteiger partial charge < -0.3 is 20.3 Å². The molecule has 2 aliphatic heterocycles. The van der Waals surface area contributed by atoms with Crippen LogP contribution in [-0.4, -0.2) is 65.9 Å². The summed E-state index contributed by atoms with van der Waals surface area (Å²) >= 11 is 1.38. The molecule has 2 aliphatic rings. The van der Waals surface area contributed by atoms with Crippen molar-refractivity contribution < 1.29 is 19.1 Å². The van der Waals surface area contributed by atoms with Gasteiger partial charge in [-0.2, -0.15) is 4.99 Å². The van der Waals surface area contributed by atoms with Crippen LogP contribution in [0, 0.1) is 5.92 Å². The van der Waals surface area contributed by atoms with Crippen molar-refractivity contribution >= 4 is 40.3 Å². The van der Waals surface area contributed by atoms with Crippen LogP contribution in [0.5, 0.6) is 0 Å². The van der Waals surface area contributed by atoms with Gasteiger partial charge in [0.2, 0.25) is 5.91 Å². The number of rotatable bonds is 10. The van der Waals surface area contributed by atoms with Crippen molar-refractivity contribution in [3.8, 4) is 0 Å².